The van der Waals surface area contributed by atoms with Gasteiger partial charge in [0.2, 0.25) is 0 Å². The van der Waals surface area contributed by atoms with Gasteiger partial charge in [-0.1, -0.05) is 38.1 Å². The molecule has 0 aromatic heterocycles. The number of benzene rings is 1. The van der Waals surface area contributed by atoms with E-state index in [0.717, 1.165) is 12.0 Å². The molecule has 1 aromatic rings. The molecule has 0 bridgehead atoms. The van der Waals surface area contributed by atoms with Gasteiger partial charge < -0.3 is 15.5 Å². The van der Waals surface area contributed by atoms with Crippen LogP contribution in [-0.2, 0) is 11.2 Å². The first-order valence-electron chi connectivity index (χ1n) is 7.23. The Hall–Kier alpha value is -1.72. The molecule has 0 aliphatic carbocycles. The Labute approximate surface area is 125 Å². The summed E-state index contributed by atoms with van der Waals surface area (Å²) in [6.07, 6.45) is 1.20. The van der Waals surface area contributed by atoms with Crippen LogP contribution in [0.3, 0.4) is 0 Å². The van der Waals surface area contributed by atoms with Gasteiger partial charge in [-0.25, -0.2) is 0 Å². The van der Waals surface area contributed by atoms with Crippen molar-refractivity contribution in [1.29, 1.82) is 0 Å². The van der Waals surface area contributed by atoms with Crippen molar-refractivity contribution in [2.45, 2.75) is 45.2 Å². The van der Waals surface area contributed by atoms with Crippen LogP contribution < -0.4 is 5.32 Å². The molecule has 21 heavy (non-hydrogen) atoms. The summed E-state index contributed by atoms with van der Waals surface area (Å²) in [5.41, 5.74) is 1.61. The molecule has 0 amide bonds. The van der Waals surface area contributed by atoms with Gasteiger partial charge in [0.25, 0.3) is 0 Å². The molecular weight excluding hydrogens is 270 g/mol. The van der Waals surface area contributed by atoms with Gasteiger partial charge in [0.05, 0.1) is 19.1 Å². The van der Waals surface area contributed by atoms with Crippen molar-refractivity contribution in [2.24, 2.45) is 0 Å². The van der Waals surface area contributed by atoms with Gasteiger partial charge in [0.15, 0.2) is 5.78 Å². The first-order valence-corrected chi connectivity index (χ1v) is 7.23. The van der Waals surface area contributed by atoms with Crippen LogP contribution in [0.4, 0.5) is 0 Å². The predicted molar refractivity (Wildman–Crippen MR) is 80.5 cm³/mol. The lowest BCUT2D eigenvalue weighted by Gasteiger charge is -2.21. The van der Waals surface area contributed by atoms with Crippen molar-refractivity contribution in [3.63, 3.8) is 0 Å². The molecule has 0 aliphatic rings. The second-order valence-electron chi connectivity index (χ2n) is 5.02. The number of aryl methyl sites for hydroxylation is 1. The number of carbonyl (C=O) groups excluding carboxylic acids is 1. The number of carboxylic acid groups (broad SMARTS) is 1. The summed E-state index contributed by atoms with van der Waals surface area (Å²) in [5, 5.41) is 21.1. The van der Waals surface area contributed by atoms with Crippen molar-refractivity contribution in [3.8, 4) is 0 Å². The van der Waals surface area contributed by atoms with Crippen LogP contribution >= 0.6 is 0 Å². The van der Waals surface area contributed by atoms with E-state index in [1.54, 1.807) is 12.1 Å². The van der Waals surface area contributed by atoms with Gasteiger partial charge >= 0.3 is 5.97 Å². The monoisotopic (exact) mass is 293 g/mol. The van der Waals surface area contributed by atoms with E-state index in [-0.39, 0.29) is 24.9 Å². The number of hydrogen-bond acceptors (Lipinski definition) is 4. The lowest BCUT2D eigenvalue weighted by molar-refractivity contribution is -0.137. The highest BCUT2D eigenvalue weighted by molar-refractivity contribution is 6.01. The molecular formula is C16H23NO4. The van der Waals surface area contributed by atoms with Gasteiger partial charge in [0.1, 0.15) is 0 Å². The van der Waals surface area contributed by atoms with E-state index in [4.69, 9.17) is 5.11 Å². The standard InChI is InChI=1S/C16H23NO4/c1-3-11-5-7-12(8-6-11)16(21)14(9-15(19)20)17-13(4-2)10-18/h5-8,13-14,17-18H,3-4,9-10H2,1-2H3,(H,19,20). The number of rotatable bonds is 9. The topological polar surface area (TPSA) is 86.6 Å². The van der Waals surface area contributed by atoms with Crippen molar-refractivity contribution >= 4 is 11.8 Å². The van der Waals surface area contributed by atoms with Gasteiger partial charge in [-0.15, -0.1) is 0 Å². The summed E-state index contributed by atoms with van der Waals surface area (Å²) in [7, 11) is 0. The molecule has 0 spiro atoms. The van der Waals surface area contributed by atoms with E-state index in [1.807, 2.05) is 26.0 Å². The number of aliphatic hydroxyl groups excluding tert-OH is 1. The summed E-state index contributed by atoms with van der Waals surface area (Å²) >= 11 is 0. The average molecular weight is 293 g/mol. The molecule has 2 unspecified atom stereocenters. The first-order chi connectivity index (χ1) is 10.0. The van der Waals surface area contributed by atoms with Gasteiger partial charge in [-0.05, 0) is 18.4 Å². The van der Waals surface area contributed by atoms with Crippen LogP contribution in [0.15, 0.2) is 24.3 Å². The summed E-state index contributed by atoms with van der Waals surface area (Å²) in [6, 6.07) is 6.07. The van der Waals surface area contributed by atoms with Crippen molar-refractivity contribution in [3.05, 3.63) is 35.4 Å². The maximum absolute atomic E-state index is 12.4. The van der Waals surface area contributed by atoms with Crippen LogP contribution in [0.5, 0.6) is 0 Å². The molecule has 0 saturated heterocycles. The SMILES string of the molecule is CCc1ccc(C(=O)C(CC(=O)O)NC(CC)CO)cc1. The number of carboxylic acids is 1. The van der Waals surface area contributed by atoms with Gasteiger partial charge in [0, 0.05) is 11.6 Å². The van der Waals surface area contributed by atoms with E-state index < -0.39 is 12.0 Å². The number of aliphatic hydroxyl groups is 1. The largest absolute Gasteiger partial charge is 0.481 e. The maximum Gasteiger partial charge on any atom is 0.305 e. The summed E-state index contributed by atoms with van der Waals surface area (Å²) in [4.78, 5) is 23.4. The zero-order chi connectivity index (χ0) is 15.8. The van der Waals surface area contributed by atoms with E-state index in [9.17, 15) is 14.7 Å². The Morgan fingerprint density at radius 3 is 2.24 bits per heavy atom. The van der Waals surface area contributed by atoms with E-state index >= 15 is 0 Å². The molecule has 1 aromatic carbocycles. The van der Waals surface area contributed by atoms with Crippen LogP contribution in [0.1, 0.15) is 42.6 Å². The molecule has 3 N–H and O–H groups in total. The molecule has 0 radical (unpaired) electrons. The molecule has 0 heterocycles. The number of Topliss-reactive ketones (excluding diaryl/α,β-unsaturated/α-hetero) is 1. The third kappa shape index (κ3) is 5.28. The first kappa shape index (κ1) is 17.3. The zero-order valence-corrected chi connectivity index (χ0v) is 12.5. The quantitative estimate of drug-likeness (QED) is 0.602. The van der Waals surface area contributed by atoms with Gasteiger partial charge in [-0.2, -0.15) is 0 Å². The minimum absolute atomic E-state index is 0.130. The number of aliphatic carboxylic acids is 1. The number of carbonyl (C=O) groups is 2. The Morgan fingerprint density at radius 1 is 1.19 bits per heavy atom. The molecule has 1 rings (SSSR count). The minimum atomic E-state index is -1.04. The van der Waals surface area contributed by atoms with Crippen LogP contribution in [0.2, 0.25) is 0 Å². The number of ketones is 1. The molecule has 0 fully saturated rings. The van der Waals surface area contributed by atoms with Crippen molar-refractivity contribution in [2.75, 3.05) is 6.61 Å². The third-order valence-corrected chi connectivity index (χ3v) is 3.49. The second-order valence-corrected chi connectivity index (χ2v) is 5.02. The Morgan fingerprint density at radius 2 is 1.81 bits per heavy atom. The lowest BCUT2D eigenvalue weighted by Crippen LogP contribution is -2.46. The zero-order valence-electron chi connectivity index (χ0n) is 12.5. The Kier molecular flexibility index (Phi) is 7.05. The fraction of sp³-hybridized carbons (Fsp3) is 0.500. The van der Waals surface area contributed by atoms with Crippen LogP contribution in [-0.4, -0.2) is 40.7 Å². The predicted octanol–water partition coefficient (Wildman–Crippen LogP) is 1.64. The molecule has 5 heteroatoms. The van der Waals surface area contributed by atoms with Crippen molar-refractivity contribution in [1.82, 2.24) is 5.32 Å². The molecule has 2 atom stereocenters. The molecule has 0 saturated carbocycles. The van der Waals surface area contributed by atoms with E-state index in [1.165, 1.54) is 0 Å². The molecule has 5 nitrogen and oxygen atoms in total. The fourth-order valence-electron chi connectivity index (χ4n) is 2.09. The normalized spacial score (nSPS) is 13.7. The second kappa shape index (κ2) is 8.54. The Bertz CT molecular complexity index is 466. The maximum atomic E-state index is 12.4. The molecule has 116 valence electrons. The summed E-state index contributed by atoms with van der Waals surface area (Å²) in [5.74, 6) is -1.30. The smallest absolute Gasteiger partial charge is 0.305 e. The number of nitrogens with one attached hydrogen (secondary N) is 1. The minimum Gasteiger partial charge on any atom is -0.481 e. The Balaban J connectivity index is 2.89. The number of hydrogen-bond donors (Lipinski definition) is 3. The highest BCUT2D eigenvalue weighted by Crippen LogP contribution is 2.11. The summed E-state index contributed by atoms with van der Waals surface area (Å²) in [6.45, 7) is 3.76. The highest BCUT2D eigenvalue weighted by atomic mass is 16.4. The van der Waals surface area contributed by atoms with Crippen LogP contribution in [0.25, 0.3) is 0 Å². The third-order valence-electron chi connectivity index (χ3n) is 3.49. The lowest BCUT2D eigenvalue weighted by atomic mass is 9.99. The van der Waals surface area contributed by atoms with E-state index in [2.05, 4.69) is 5.32 Å². The van der Waals surface area contributed by atoms with E-state index in [0.29, 0.717) is 12.0 Å². The van der Waals surface area contributed by atoms with Gasteiger partial charge in [-0.3, -0.25) is 9.59 Å². The van der Waals surface area contributed by atoms with Crippen molar-refractivity contribution < 1.29 is 19.8 Å². The molecule has 0 aliphatic heterocycles. The highest BCUT2D eigenvalue weighted by Gasteiger charge is 2.24. The van der Waals surface area contributed by atoms with Crippen LogP contribution in [0, 0.1) is 0 Å². The fourth-order valence-corrected chi connectivity index (χ4v) is 2.09. The summed E-state index contributed by atoms with van der Waals surface area (Å²) < 4.78 is 0. The average Bonchev–Trinajstić information content (AvgIpc) is 2.50.